The van der Waals surface area contributed by atoms with Crippen molar-refractivity contribution in [3.63, 3.8) is 0 Å². The fraction of sp³-hybridized carbons (Fsp3) is 0.833. The summed E-state index contributed by atoms with van der Waals surface area (Å²) in [6.45, 7) is 5.61. The van der Waals surface area contributed by atoms with Gasteiger partial charge in [-0.2, -0.15) is 0 Å². The van der Waals surface area contributed by atoms with E-state index in [1.807, 2.05) is 0 Å². The molecule has 1 aromatic carbocycles. The van der Waals surface area contributed by atoms with E-state index in [2.05, 4.69) is 38.1 Å². The van der Waals surface area contributed by atoms with Gasteiger partial charge in [0.05, 0.1) is 6.10 Å². The van der Waals surface area contributed by atoms with Crippen LogP contribution in [-0.4, -0.2) is 12.7 Å². The van der Waals surface area contributed by atoms with E-state index < -0.39 is 0 Å². The summed E-state index contributed by atoms with van der Waals surface area (Å²) >= 11 is 0. The van der Waals surface area contributed by atoms with Crippen molar-refractivity contribution in [2.75, 3.05) is 6.61 Å². The first kappa shape index (κ1) is 30.7. The lowest BCUT2D eigenvalue weighted by atomic mass is 9.78. The molecule has 3 rings (SSSR count). The summed E-state index contributed by atoms with van der Waals surface area (Å²) < 4.78 is 6.36. The Morgan fingerprint density at radius 2 is 1.11 bits per heavy atom. The second kappa shape index (κ2) is 19.3. The Balaban J connectivity index is 1.18. The van der Waals surface area contributed by atoms with Gasteiger partial charge in [-0.1, -0.05) is 134 Å². The molecule has 212 valence electrons. The first-order valence-electron chi connectivity index (χ1n) is 17.0. The maximum absolute atomic E-state index is 6.36. The van der Waals surface area contributed by atoms with Gasteiger partial charge in [0.15, 0.2) is 0 Å². The third kappa shape index (κ3) is 12.7. The van der Waals surface area contributed by atoms with Crippen molar-refractivity contribution < 1.29 is 4.74 Å². The predicted molar refractivity (Wildman–Crippen MR) is 163 cm³/mol. The molecule has 1 aromatic rings. The molecule has 0 radical (unpaired) electrons. The highest BCUT2D eigenvalue weighted by atomic mass is 16.5. The molecule has 2 aliphatic carbocycles. The highest BCUT2D eigenvalue weighted by Crippen LogP contribution is 2.36. The highest BCUT2D eigenvalue weighted by molar-refractivity contribution is 5.26. The zero-order chi connectivity index (χ0) is 26.0. The first-order valence-corrected chi connectivity index (χ1v) is 17.0. The molecule has 0 spiro atoms. The van der Waals surface area contributed by atoms with Crippen molar-refractivity contribution in [1.82, 2.24) is 0 Å². The van der Waals surface area contributed by atoms with Crippen LogP contribution in [0.2, 0.25) is 0 Å². The van der Waals surface area contributed by atoms with Crippen LogP contribution in [0.15, 0.2) is 24.3 Å². The Bertz CT molecular complexity index is 648. The molecule has 2 aliphatic rings. The molecule has 0 heterocycles. The number of rotatable bonds is 19. The van der Waals surface area contributed by atoms with Gasteiger partial charge in [0.1, 0.15) is 0 Å². The molecule has 2 saturated carbocycles. The summed E-state index contributed by atoms with van der Waals surface area (Å²) in [6, 6.07) is 9.66. The van der Waals surface area contributed by atoms with Crippen LogP contribution in [0.25, 0.3) is 0 Å². The molecule has 0 aromatic heterocycles. The van der Waals surface area contributed by atoms with Gasteiger partial charge >= 0.3 is 0 Å². The summed E-state index contributed by atoms with van der Waals surface area (Å²) in [7, 11) is 0. The van der Waals surface area contributed by atoms with E-state index in [4.69, 9.17) is 4.74 Å². The summed E-state index contributed by atoms with van der Waals surface area (Å²) in [4.78, 5) is 0. The molecule has 2 fully saturated rings. The van der Waals surface area contributed by atoms with Crippen LogP contribution in [0.4, 0.5) is 0 Å². The number of benzene rings is 1. The summed E-state index contributed by atoms with van der Waals surface area (Å²) in [5, 5.41) is 0. The summed E-state index contributed by atoms with van der Waals surface area (Å²) in [5.41, 5.74) is 3.10. The average molecular weight is 511 g/mol. The Morgan fingerprint density at radius 3 is 1.73 bits per heavy atom. The van der Waals surface area contributed by atoms with Crippen molar-refractivity contribution in [2.24, 2.45) is 11.8 Å². The van der Waals surface area contributed by atoms with Gasteiger partial charge in [0.2, 0.25) is 0 Å². The first-order chi connectivity index (χ1) is 18.3. The molecule has 0 aliphatic heterocycles. The van der Waals surface area contributed by atoms with E-state index in [-0.39, 0.29) is 0 Å². The number of unbranched alkanes of at least 4 members (excludes halogenated alkanes) is 9. The number of hydrogen-bond acceptors (Lipinski definition) is 1. The van der Waals surface area contributed by atoms with E-state index in [0.717, 1.165) is 24.4 Å². The minimum absolute atomic E-state index is 0.520. The molecule has 0 atom stereocenters. The fourth-order valence-corrected chi connectivity index (χ4v) is 7.10. The maximum Gasteiger partial charge on any atom is 0.0575 e. The minimum Gasteiger partial charge on any atom is -0.378 e. The van der Waals surface area contributed by atoms with Crippen molar-refractivity contribution in [2.45, 2.75) is 174 Å². The molecule has 0 bridgehead atoms. The van der Waals surface area contributed by atoms with Crippen molar-refractivity contribution in [3.05, 3.63) is 35.4 Å². The van der Waals surface area contributed by atoms with Crippen LogP contribution < -0.4 is 0 Å². The second-order valence-electron chi connectivity index (χ2n) is 12.8. The normalized spacial score (nSPS) is 24.4. The lowest BCUT2D eigenvalue weighted by Crippen LogP contribution is -2.21. The van der Waals surface area contributed by atoms with E-state index in [0.29, 0.717) is 6.10 Å². The van der Waals surface area contributed by atoms with E-state index >= 15 is 0 Å². The van der Waals surface area contributed by atoms with Crippen LogP contribution in [0, 0.1) is 11.8 Å². The minimum atomic E-state index is 0.520. The number of ether oxygens (including phenoxy) is 1. The van der Waals surface area contributed by atoms with Crippen LogP contribution in [0.1, 0.15) is 172 Å². The molecule has 0 unspecified atom stereocenters. The topological polar surface area (TPSA) is 9.23 Å². The third-order valence-electron chi connectivity index (χ3n) is 9.74. The van der Waals surface area contributed by atoms with E-state index in [1.54, 1.807) is 5.56 Å². The van der Waals surface area contributed by atoms with Crippen molar-refractivity contribution >= 4 is 0 Å². The number of aryl methyl sites for hydroxylation is 1. The Hall–Kier alpha value is -0.820. The second-order valence-corrected chi connectivity index (χ2v) is 12.8. The Morgan fingerprint density at radius 1 is 0.568 bits per heavy atom. The van der Waals surface area contributed by atoms with Crippen molar-refractivity contribution in [3.8, 4) is 0 Å². The smallest absolute Gasteiger partial charge is 0.0575 e. The van der Waals surface area contributed by atoms with Crippen LogP contribution in [-0.2, 0) is 11.2 Å². The molecule has 0 N–H and O–H groups in total. The van der Waals surface area contributed by atoms with Crippen LogP contribution in [0.3, 0.4) is 0 Å². The molecule has 1 heteroatoms. The molecule has 1 nitrogen and oxygen atoms in total. The molecule has 37 heavy (non-hydrogen) atoms. The molecule has 0 amide bonds. The van der Waals surface area contributed by atoms with Gasteiger partial charge in [-0.3, -0.25) is 0 Å². The zero-order valence-corrected chi connectivity index (χ0v) is 25.0. The van der Waals surface area contributed by atoms with Crippen LogP contribution >= 0.6 is 0 Å². The monoisotopic (exact) mass is 510 g/mol. The lowest BCUT2D eigenvalue weighted by molar-refractivity contribution is 0.0204. The van der Waals surface area contributed by atoms with Gasteiger partial charge in [0, 0.05) is 6.61 Å². The fourth-order valence-electron chi connectivity index (χ4n) is 7.10. The van der Waals surface area contributed by atoms with E-state index in [1.165, 1.54) is 153 Å². The maximum atomic E-state index is 6.36. The molecular formula is C36H62O. The predicted octanol–water partition coefficient (Wildman–Crippen LogP) is 11.6. The Kier molecular flexibility index (Phi) is 16.0. The summed E-state index contributed by atoms with van der Waals surface area (Å²) in [5.74, 6) is 2.78. The molecule has 0 saturated heterocycles. The summed E-state index contributed by atoms with van der Waals surface area (Å²) in [6.07, 6.45) is 32.7. The molecular weight excluding hydrogens is 448 g/mol. The van der Waals surface area contributed by atoms with Gasteiger partial charge in [0.25, 0.3) is 0 Å². The zero-order valence-electron chi connectivity index (χ0n) is 25.0. The average Bonchev–Trinajstić information content (AvgIpc) is 2.94. The van der Waals surface area contributed by atoms with Gasteiger partial charge in [-0.15, -0.1) is 0 Å². The van der Waals surface area contributed by atoms with Crippen molar-refractivity contribution in [1.29, 1.82) is 0 Å². The SMILES string of the molecule is CCCCCCCCC1CCC(CCCOC2CCC(c3ccc(CCCCCCC)cc3)CC2)CC1. The standard InChI is InChI=1S/C36H62O/c1-3-5-7-9-11-13-15-31-18-20-33(21-19-31)17-14-30-37-36-28-26-35(27-29-36)34-24-22-32(23-25-34)16-12-10-8-6-4-2/h22-25,31,33,35-36H,3-21,26-30H2,1-2H3. The van der Waals surface area contributed by atoms with Gasteiger partial charge < -0.3 is 4.74 Å². The largest absolute Gasteiger partial charge is 0.378 e. The third-order valence-corrected chi connectivity index (χ3v) is 9.74. The lowest BCUT2D eigenvalue weighted by Gasteiger charge is -2.30. The van der Waals surface area contributed by atoms with E-state index in [9.17, 15) is 0 Å². The highest BCUT2D eigenvalue weighted by Gasteiger charge is 2.24. The van der Waals surface area contributed by atoms with Gasteiger partial charge in [-0.05, 0) is 80.2 Å². The van der Waals surface area contributed by atoms with Crippen LogP contribution in [0.5, 0.6) is 0 Å². The van der Waals surface area contributed by atoms with Gasteiger partial charge in [-0.25, -0.2) is 0 Å². The quantitative estimate of drug-likeness (QED) is 0.168. The number of hydrogen-bond donors (Lipinski definition) is 0. The Labute approximate surface area is 231 Å².